The number of sulfone groups is 1. The van der Waals surface area contributed by atoms with Gasteiger partial charge in [0.05, 0.1) is 19.4 Å². The summed E-state index contributed by atoms with van der Waals surface area (Å²) >= 11 is 0. The zero-order chi connectivity index (χ0) is 20.4. The van der Waals surface area contributed by atoms with E-state index in [1.54, 1.807) is 7.11 Å². The Bertz CT molecular complexity index is 878. The number of hydrogen-bond acceptors (Lipinski definition) is 4. The van der Waals surface area contributed by atoms with Crippen LogP contribution in [0.25, 0.3) is 0 Å². The van der Waals surface area contributed by atoms with Crippen LogP contribution in [0.15, 0.2) is 53.5 Å². The number of rotatable bonds is 9. The van der Waals surface area contributed by atoms with E-state index in [0.717, 1.165) is 47.9 Å². The van der Waals surface area contributed by atoms with Crippen LogP contribution < -0.4 is 15.4 Å². The van der Waals surface area contributed by atoms with Gasteiger partial charge in [0.25, 0.3) is 0 Å². The lowest BCUT2D eigenvalue weighted by atomic mass is 10.1. The topological polar surface area (TPSA) is 79.8 Å². The van der Waals surface area contributed by atoms with Crippen molar-refractivity contribution < 1.29 is 13.2 Å². The summed E-state index contributed by atoms with van der Waals surface area (Å²) in [7, 11) is -1.34. The van der Waals surface area contributed by atoms with Gasteiger partial charge in [0.15, 0.2) is 15.8 Å². The molecule has 0 amide bonds. The van der Waals surface area contributed by atoms with Crippen molar-refractivity contribution in [1.82, 2.24) is 10.6 Å². The number of guanidine groups is 1. The van der Waals surface area contributed by atoms with Gasteiger partial charge in [0.1, 0.15) is 5.75 Å². The second-order valence-corrected chi connectivity index (χ2v) is 8.71. The van der Waals surface area contributed by atoms with E-state index in [-0.39, 0.29) is 5.75 Å². The van der Waals surface area contributed by atoms with Crippen molar-refractivity contribution in [3.05, 3.63) is 65.2 Å². The Balaban J connectivity index is 1.92. The normalized spacial score (nSPS) is 11.9. The molecule has 6 nitrogen and oxygen atoms in total. The van der Waals surface area contributed by atoms with Crippen molar-refractivity contribution in [3.8, 4) is 5.75 Å². The van der Waals surface area contributed by atoms with E-state index in [2.05, 4.69) is 21.7 Å². The van der Waals surface area contributed by atoms with Crippen LogP contribution in [0.5, 0.6) is 5.75 Å². The van der Waals surface area contributed by atoms with Gasteiger partial charge in [-0.1, -0.05) is 42.5 Å². The number of aliphatic imine (C=N–C) groups is 1. The van der Waals surface area contributed by atoms with E-state index >= 15 is 0 Å². The van der Waals surface area contributed by atoms with Crippen molar-refractivity contribution in [2.24, 2.45) is 4.99 Å². The van der Waals surface area contributed by atoms with E-state index < -0.39 is 9.84 Å². The first kappa shape index (κ1) is 21.8. The van der Waals surface area contributed by atoms with Crippen LogP contribution >= 0.6 is 0 Å². The summed E-state index contributed by atoms with van der Waals surface area (Å²) in [5.41, 5.74) is 2.96. The molecule has 0 saturated heterocycles. The highest BCUT2D eigenvalue weighted by Gasteiger charge is 2.05. The number of hydrogen-bond donors (Lipinski definition) is 2. The molecule has 0 unspecified atom stereocenters. The van der Waals surface area contributed by atoms with Crippen molar-refractivity contribution in [2.45, 2.75) is 25.6 Å². The van der Waals surface area contributed by atoms with Gasteiger partial charge in [0, 0.05) is 19.3 Å². The highest BCUT2D eigenvalue weighted by Crippen LogP contribution is 2.17. The van der Waals surface area contributed by atoms with Crippen LogP contribution in [0.3, 0.4) is 0 Å². The fourth-order valence-corrected chi connectivity index (χ4v) is 3.58. The average molecular weight is 404 g/mol. The summed E-state index contributed by atoms with van der Waals surface area (Å²) in [5.74, 6) is 1.70. The third kappa shape index (κ3) is 7.60. The van der Waals surface area contributed by atoms with Gasteiger partial charge in [0.2, 0.25) is 0 Å². The Kier molecular flexibility index (Phi) is 8.32. The van der Waals surface area contributed by atoms with Crippen LogP contribution in [0.2, 0.25) is 0 Å². The summed E-state index contributed by atoms with van der Waals surface area (Å²) in [6.45, 7) is 4.05. The highest BCUT2D eigenvalue weighted by molar-refractivity contribution is 7.89. The average Bonchev–Trinajstić information content (AvgIpc) is 2.66. The fraction of sp³-hybridized carbons (Fsp3) is 0.381. The quantitative estimate of drug-likeness (QED) is 0.497. The molecule has 0 aliphatic heterocycles. The largest absolute Gasteiger partial charge is 0.496 e. The molecule has 0 spiro atoms. The van der Waals surface area contributed by atoms with Crippen LogP contribution in [-0.4, -0.2) is 40.8 Å². The number of ether oxygens (including phenoxy) is 1. The van der Waals surface area contributed by atoms with Crippen LogP contribution in [-0.2, 0) is 28.6 Å². The van der Waals surface area contributed by atoms with Crippen molar-refractivity contribution in [1.29, 1.82) is 0 Å². The van der Waals surface area contributed by atoms with Crippen LogP contribution in [0.4, 0.5) is 0 Å². The number of benzene rings is 2. The summed E-state index contributed by atoms with van der Waals surface area (Å²) in [5, 5.41) is 6.58. The van der Waals surface area contributed by atoms with Gasteiger partial charge in [-0.2, -0.15) is 0 Å². The number of para-hydroxylation sites is 1. The number of nitrogens with zero attached hydrogens (tertiary/aromatic N) is 1. The van der Waals surface area contributed by atoms with Gasteiger partial charge in [-0.05, 0) is 36.1 Å². The first-order valence-electron chi connectivity index (χ1n) is 9.31. The smallest absolute Gasteiger partial charge is 0.191 e. The second kappa shape index (κ2) is 10.7. The molecule has 2 N–H and O–H groups in total. The molecule has 28 heavy (non-hydrogen) atoms. The summed E-state index contributed by atoms with van der Waals surface area (Å²) in [6.07, 6.45) is 2.07. The van der Waals surface area contributed by atoms with E-state index in [4.69, 9.17) is 4.74 Å². The third-order valence-corrected chi connectivity index (χ3v) is 4.95. The molecule has 0 fully saturated rings. The van der Waals surface area contributed by atoms with Crippen LogP contribution in [0.1, 0.15) is 23.6 Å². The van der Waals surface area contributed by atoms with Gasteiger partial charge in [-0.25, -0.2) is 13.4 Å². The van der Waals surface area contributed by atoms with E-state index in [9.17, 15) is 8.42 Å². The zero-order valence-electron chi connectivity index (χ0n) is 16.7. The highest BCUT2D eigenvalue weighted by atomic mass is 32.2. The van der Waals surface area contributed by atoms with Crippen molar-refractivity contribution in [2.75, 3.05) is 26.5 Å². The molecular weight excluding hydrogens is 374 g/mol. The fourth-order valence-electron chi connectivity index (χ4n) is 2.78. The summed E-state index contributed by atoms with van der Waals surface area (Å²) in [6, 6.07) is 15.5. The van der Waals surface area contributed by atoms with E-state index in [1.165, 1.54) is 6.26 Å². The monoisotopic (exact) mass is 403 g/mol. The molecule has 0 aliphatic rings. The molecular formula is C21H29N3O3S. The molecule has 0 bridgehead atoms. The zero-order valence-corrected chi connectivity index (χ0v) is 17.6. The molecule has 0 radical (unpaired) electrons. The number of methoxy groups -OCH3 is 1. The molecule has 2 rings (SSSR count). The molecule has 2 aromatic carbocycles. The van der Waals surface area contributed by atoms with Gasteiger partial charge < -0.3 is 15.4 Å². The van der Waals surface area contributed by atoms with Crippen molar-refractivity contribution >= 4 is 15.8 Å². The Morgan fingerprint density at radius 1 is 1.04 bits per heavy atom. The minimum Gasteiger partial charge on any atom is -0.496 e. The van der Waals surface area contributed by atoms with Gasteiger partial charge in [-0.3, -0.25) is 0 Å². The first-order chi connectivity index (χ1) is 13.4. The molecule has 152 valence electrons. The Morgan fingerprint density at radius 3 is 2.36 bits per heavy atom. The third-order valence-electron chi connectivity index (χ3n) is 4.10. The Morgan fingerprint density at radius 2 is 1.71 bits per heavy atom. The SMILES string of the molecule is CCNC(=NCc1ccc(CS(C)(=O)=O)cc1)NCCc1ccccc1OC. The maximum absolute atomic E-state index is 11.4. The maximum Gasteiger partial charge on any atom is 0.191 e. The molecule has 0 aromatic heterocycles. The molecule has 2 aromatic rings. The second-order valence-electron chi connectivity index (χ2n) is 6.57. The number of nitrogens with one attached hydrogen (secondary N) is 2. The molecule has 7 heteroatoms. The summed E-state index contributed by atoms with van der Waals surface area (Å²) < 4.78 is 28.1. The lowest BCUT2D eigenvalue weighted by Gasteiger charge is -2.13. The predicted octanol–water partition coefficient (Wildman–Crippen LogP) is 2.54. The van der Waals surface area contributed by atoms with E-state index in [0.29, 0.717) is 6.54 Å². The molecule has 0 heterocycles. The maximum atomic E-state index is 11.4. The standard InChI is InChI=1S/C21H29N3O3S/c1-4-22-21(23-14-13-19-7-5-6-8-20(19)27-2)24-15-17-9-11-18(12-10-17)16-28(3,25)26/h5-12H,4,13-16H2,1-3H3,(H2,22,23,24). The first-order valence-corrected chi connectivity index (χ1v) is 11.4. The van der Waals surface area contributed by atoms with E-state index in [1.807, 2.05) is 49.4 Å². The van der Waals surface area contributed by atoms with Gasteiger partial charge in [-0.15, -0.1) is 0 Å². The van der Waals surface area contributed by atoms with Crippen molar-refractivity contribution in [3.63, 3.8) is 0 Å². The lowest BCUT2D eigenvalue weighted by Crippen LogP contribution is -2.38. The molecule has 0 atom stereocenters. The minimum atomic E-state index is -3.02. The minimum absolute atomic E-state index is 0.0592. The lowest BCUT2D eigenvalue weighted by molar-refractivity contribution is 0.409. The van der Waals surface area contributed by atoms with Gasteiger partial charge >= 0.3 is 0 Å². The molecule has 0 saturated carbocycles. The van der Waals surface area contributed by atoms with Crippen LogP contribution in [0, 0.1) is 0 Å². The molecule has 0 aliphatic carbocycles. The Labute approximate surface area is 168 Å². The summed E-state index contributed by atoms with van der Waals surface area (Å²) in [4.78, 5) is 4.61. The predicted molar refractivity (Wildman–Crippen MR) is 115 cm³/mol. The Hall–Kier alpha value is -2.54.